The van der Waals surface area contributed by atoms with E-state index in [9.17, 15) is 0 Å². The number of fused-ring (bicyclic) bond motifs is 1. The normalized spacial score (nSPS) is 10.7. The van der Waals surface area contributed by atoms with Gasteiger partial charge < -0.3 is 0 Å². The largest absolute Gasteiger partial charge is 0.275 e. The van der Waals surface area contributed by atoms with E-state index in [1.54, 1.807) is 0 Å². The molecule has 3 aromatic heterocycles. The highest BCUT2D eigenvalue weighted by atomic mass is 15.3. The lowest BCUT2D eigenvalue weighted by Gasteiger charge is -2.03. The predicted molar refractivity (Wildman–Crippen MR) is 82.8 cm³/mol. The molecule has 4 nitrogen and oxygen atoms in total. The Morgan fingerprint density at radius 2 is 1.85 bits per heavy atom. The van der Waals surface area contributed by atoms with Crippen LogP contribution in [0.1, 0.15) is 39.2 Å². The fourth-order valence-electron chi connectivity index (χ4n) is 2.17. The second-order valence-corrected chi connectivity index (χ2v) is 4.88. The van der Waals surface area contributed by atoms with Crippen LogP contribution in [0.25, 0.3) is 16.8 Å². The van der Waals surface area contributed by atoms with Crippen LogP contribution >= 0.6 is 0 Å². The van der Waals surface area contributed by atoms with Gasteiger partial charge in [0.25, 0.3) is 0 Å². The molecule has 0 N–H and O–H groups in total. The molecule has 4 heteroatoms. The van der Waals surface area contributed by atoms with Gasteiger partial charge in [-0.25, -0.2) is 4.52 Å². The van der Waals surface area contributed by atoms with Crippen molar-refractivity contribution in [3.63, 3.8) is 0 Å². The number of nitrogens with zero attached hydrogens (tertiary/aromatic N) is 4. The SMILES string of the molecule is CC.CC(C)c1cnn2cc(-c3ccn(C)n3)ccc12. The highest BCUT2D eigenvalue weighted by molar-refractivity contribution is 5.64. The molecule has 3 aromatic rings. The van der Waals surface area contributed by atoms with Crippen LogP contribution in [0.4, 0.5) is 0 Å². The lowest BCUT2D eigenvalue weighted by Crippen LogP contribution is -1.92. The minimum atomic E-state index is 0.489. The fraction of sp³-hybridized carbons (Fsp3) is 0.375. The first kappa shape index (κ1) is 14.3. The van der Waals surface area contributed by atoms with E-state index in [0.717, 1.165) is 11.3 Å². The van der Waals surface area contributed by atoms with Gasteiger partial charge in [-0.05, 0) is 24.1 Å². The Labute approximate surface area is 120 Å². The number of hydrogen-bond acceptors (Lipinski definition) is 2. The molecule has 106 valence electrons. The summed E-state index contributed by atoms with van der Waals surface area (Å²) in [6, 6.07) is 6.23. The molecule has 0 saturated carbocycles. The molecule has 0 radical (unpaired) electrons. The molecular weight excluding hydrogens is 248 g/mol. The van der Waals surface area contributed by atoms with E-state index in [2.05, 4.69) is 36.2 Å². The smallest absolute Gasteiger partial charge is 0.0938 e. The van der Waals surface area contributed by atoms with Crippen LogP contribution in [0.15, 0.2) is 36.8 Å². The van der Waals surface area contributed by atoms with Crippen LogP contribution in [-0.2, 0) is 7.05 Å². The molecule has 0 atom stereocenters. The third-order valence-corrected chi connectivity index (χ3v) is 3.18. The first-order valence-electron chi connectivity index (χ1n) is 7.12. The number of aromatic nitrogens is 4. The second kappa shape index (κ2) is 5.90. The molecule has 0 fully saturated rings. The molecule has 0 aliphatic heterocycles. The van der Waals surface area contributed by atoms with Gasteiger partial charge in [-0.3, -0.25) is 4.68 Å². The van der Waals surface area contributed by atoms with Gasteiger partial charge in [0, 0.05) is 30.6 Å². The number of hydrogen-bond donors (Lipinski definition) is 0. The molecule has 0 unspecified atom stereocenters. The maximum absolute atomic E-state index is 4.41. The van der Waals surface area contributed by atoms with E-state index < -0.39 is 0 Å². The van der Waals surface area contributed by atoms with E-state index in [0.29, 0.717) is 5.92 Å². The van der Waals surface area contributed by atoms with Gasteiger partial charge in [-0.2, -0.15) is 10.2 Å². The summed E-state index contributed by atoms with van der Waals surface area (Å²) in [5, 5.41) is 8.82. The molecule has 0 spiro atoms. The van der Waals surface area contributed by atoms with Gasteiger partial charge in [0.15, 0.2) is 0 Å². The van der Waals surface area contributed by atoms with Crippen molar-refractivity contribution in [2.45, 2.75) is 33.6 Å². The second-order valence-electron chi connectivity index (χ2n) is 4.88. The van der Waals surface area contributed by atoms with Crippen molar-refractivity contribution in [1.29, 1.82) is 0 Å². The van der Waals surface area contributed by atoms with Crippen molar-refractivity contribution >= 4 is 5.52 Å². The van der Waals surface area contributed by atoms with Crippen LogP contribution in [0.2, 0.25) is 0 Å². The lowest BCUT2D eigenvalue weighted by atomic mass is 10.1. The first-order valence-corrected chi connectivity index (χ1v) is 7.12. The third kappa shape index (κ3) is 2.59. The maximum atomic E-state index is 4.41. The van der Waals surface area contributed by atoms with Crippen molar-refractivity contribution in [3.8, 4) is 11.3 Å². The number of aryl methyl sites for hydroxylation is 1. The van der Waals surface area contributed by atoms with E-state index in [1.807, 2.05) is 54.7 Å². The molecule has 3 rings (SSSR count). The van der Waals surface area contributed by atoms with Crippen molar-refractivity contribution in [3.05, 3.63) is 42.4 Å². The zero-order valence-corrected chi connectivity index (χ0v) is 12.8. The Hall–Kier alpha value is -2.10. The Bertz CT molecular complexity index is 691. The standard InChI is InChI=1S/C14H16N4.C2H6/c1-10(2)12-8-15-18-9-11(4-5-14(12)18)13-6-7-17(3)16-13;1-2/h4-10H,1-3H3;1-2H3. The van der Waals surface area contributed by atoms with Crippen molar-refractivity contribution < 1.29 is 0 Å². The van der Waals surface area contributed by atoms with E-state index in [4.69, 9.17) is 0 Å². The Morgan fingerprint density at radius 3 is 2.45 bits per heavy atom. The van der Waals surface area contributed by atoms with Gasteiger partial charge >= 0.3 is 0 Å². The Kier molecular flexibility index (Phi) is 4.23. The van der Waals surface area contributed by atoms with Gasteiger partial charge in [0.1, 0.15) is 0 Å². The van der Waals surface area contributed by atoms with Crippen LogP contribution in [0.3, 0.4) is 0 Å². The molecular formula is C16H22N4. The van der Waals surface area contributed by atoms with Crippen molar-refractivity contribution in [2.24, 2.45) is 7.05 Å². The summed E-state index contributed by atoms with van der Waals surface area (Å²) in [7, 11) is 1.92. The number of rotatable bonds is 2. The van der Waals surface area contributed by atoms with E-state index >= 15 is 0 Å². The fourth-order valence-corrected chi connectivity index (χ4v) is 2.17. The zero-order valence-electron chi connectivity index (χ0n) is 12.8. The van der Waals surface area contributed by atoms with Crippen molar-refractivity contribution in [2.75, 3.05) is 0 Å². The predicted octanol–water partition coefficient (Wildman–Crippen LogP) is 3.88. The van der Waals surface area contributed by atoms with Gasteiger partial charge in [0.2, 0.25) is 0 Å². The summed E-state index contributed by atoms with van der Waals surface area (Å²) in [5.41, 5.74) is 4.51. The van der Waals surface area contributed by atoms with E-state index in [-0.39, 0.29) is 0 Å². The summed E-state index contributed by atoms with van der Waals surface area (Å²) in [6.45, 7) is 8.37. The molecule has 0 aliphatic carbocycles. The Morgan fingerprint density at radius 1 is 1.10 bits per heavy atom. The minimum absolute atomic E-state index is 0.489. The molecule has 0 aromatic carbocycles. The molecule has 0 amide bonds. The average molecular weight is 270 g/mol. The van der Waals surface area contributed by atoms with Crippen LogP contribution in [-0.4, -0.2) is 19.4 Å². The zero-order chi connectivity index (χ0) is 14.7. The van der Waals surface area contributed by atoms with Crippen LogP contribution < -0.4 is 0 Å². The molecule has 0 saturated heterocycles. The molecule has 20 heavy (non-hydrogen) atoms. The highest BCUT2D eigenvalue weighted by Crippen LogP contribution is 2.23. The van der Waals surface area contributed by atoms with Gasteiger partial charge in [-0.1, -0.05) is 27.7 Å². The molecule has 0 aliphatic rings. The minimum Gasteiger partial charge on any atom is -0.275 e. The van der Waals surface area contributed by atoms with Gasteiger partial charge in [-0.15, -0.1) is 0 Å². The summed E-state index contributed by atoms with van der Waals surface area (Å²) in [4.78, 5) is 0. The van der Waals surface area contributed by atoms with Crippen LogP contribution in [0, 0.1) is 0 Å². The molecule has 3 heterocycles. The monoisotopic (exact) mass is 270 g/mol. The lowest BCUT2D eigenvalue weighted by molar-refractivity contribution is 0.770. The quantitative estimate of drug-likeness (QED) is 0.708. The van der Waals surface area contributed by atoms with Gasteiger partial charge in [0.05, 0.1) is 17.4 Å². The van der Waals surface area contributed by atoms with E-state index in [1.165, 1.54) is 11.1 Å². The summed E-state index contributed by atoms with van der Waals surface area (Å²) >= 11 is 0. The number of pyridine rings is 1. The highest BCUT2D eigenvalue weighted by Gasteiger charge is 2.09. The van der Waals surface area contributed by atoms with Crippen LogP contribution in [0.5, 0.6) is 0 Å². The molecule has 0 bridgehead atoms. The maximum Gasteiger partial charge on any atom is 0.0938 e. The van der Waals surface area contributed by atoms with Crippen molar-refractivity contribution in [1.82, 2.24) is 19.4 Å². The Balaban J connectivity index is 0.000000704. The first-order chi connectivity index (χ1) is 9.65. The summed E-state index contributed by atoms with van der Waals surface area (Å²) in [5.74, 6) is 0.489. The third-order valence-electron chi connectivity index (χ3n) is 3.18. The topological polar surface area (TPSA) is 35.1 Å². The summed E-state index contributed by atoms with van der Waals surface area (Å²) < 4.78 is 3.74. The summed E-state index contributed by atoms with van der Waals surface area (Å²) in [6.07, 6.45) is 5.92. The average Bonchev–Trinajstić information content (AvgIpc) is 3.06.